The summed E-state index contributed by atoms with van der Waals surface area (Å²) in [6.45, 7) is 2.82. The third-order valence-electron chi connectivity index (χ3n) is 4.11. The number of rotatable bonds is 4. The van der Waals surface area contributed by atoms with Gasteiger partial charge in [-0.1, -0.05) is 37.6 Å². The Hall–Kier alpha value is -1.35. The van der Waals surface area contributed by atoms with E-state index in [-0.39, 0.29) is 17.9 Å². The molecule has 3 heteroatoms. The summed E-state index contributed by atoms with van der Waals surface area (Å²) >= 11 is 0. The zero-order chi connectivity index (χ0) is 13.8. The Morgan fingerprint density at radius 3 is 2.42 bits per heavy atom. The second-order valence-electron chi connectivity index (χ2n) is 5.57. The fraction of sp³-hybridized carbons (Fsp3) is 0.562. The van der Waals surface area contributed by atoms with Gasteiger partial charge in [0, 0.05) is 19.6 Å². The molecule has 0 radical (unpaired) electrons. The van der Waals surface area contributed by atoms with Gasteiger partial charge in [0.1, 0.15) is 0 Å². The van der Waals surface area contributed by atoms with E-state index in [9.17, 15) is 4.79 Å². The highest BCUT2D eigenvalue weighted by molar-refractivity contribution is 5.79. The van der Waals surface area contributed by atoms with Gasteiger partial charge >= 0.3 is 0 Å². The summed E-state index contributed by atoms with van der Waals surface area (Å²) in [4.78, 5) is 14.1. The number of hydrogen-bond acceptors (Lipinski definition) is 2. The molecule has 19 heavy (non-hydrogen) atoms. The molecule has 2 rings (SSSR count). The van der Waals surface area contributed by atoms with Crippen molar-refractivity contribution >= 4 is 5.91 Å². The molecule has 0 aliphatic heterocycles. The molecule has 2 N–H and O–H groups in total. The number of nitrogens with zero attached hydrogens (tertiary/aromatic N) is 1. The van der Waals surface area contributed by atoms with Crippen LogP contribution in [0.1, 0.15) is 37.3 Å². The van der Waals surface area contributed by atoms with Crippen molar-refractivity contribution in [1.82, 2.24) is 4.90 Å². The van der Waals surface area contributed by atoms with Gasteiger partial charge in [-0.3, -0.25) is 4.79 Å². The molecule has 104 valence electrons. The van der Waals surface area contributed by atoms with Gasteiger partial charge in [-0.15, -0.1) is 0 Å². The van der Waals surface area contributed by atoms with Crippen molar-refractivity contribution in [1.29, 1.82) is 0 Å². The zero-order valence-electron chi connectivity index (χ0n) is 11.9. The van der Waals surface area contributed by atoms with E-state index in [1.165, 1.54) is 11.1 Å². The van der Waals surface area contributed by atoms with Gasteiger partial charge in [0.2, 0.25) is 5.91 Å². The van der Waals surface area contributed by atoms with Crippen molar-refractivity contribution in [3.8, 4) is 0 Å². The first kappa shape index (κ1) is 14.1. The molecular formula is C16H24N2O. The maximum Gasteiger partial charge on any atom is 0.227 e. The highest BCUT2D eigenvalue weighted by Crippen LogP contribution is 2.26. The van der Waals surface area contributed by atoms with E-state index in [4.69, 9.17) is 5.73 Å². The summed E-state index contributed by atoms with van der Waals surface area (Å²) < 4.78 is 0. The molecule has 2 atom stereocenters. The Morgan fingerprint density at radius 1 is 1.26 bits per heavy atom. The maximum absolute atomic E-state index is 12.3. The quantitative estimate of drug-likeness (QED) is 0.903. The summed E-state index contributed by atoms with van der Waals surface area (Å²) in [5.74, 6) is 0.226. The molecule has 1 aromatic rings. The van der Waals surface area contributed by atoms with Gasteiger partial charge in [-0.2, -0.15) is 0 Å². The van der Waals surface area contributed by atoms with Crippen molar-refractivity contribution < 1.29 is 4.79 Å². The number of aryl methyl sites for hydroxylation is 1. The molecule has 0 unspecified atom stereocenters. The lowest BCUT2D eigenvalue weighted by molar-refractivity contribution is -0.134. The predicted molar refractivity (Wildman–Crippen MR) is 77.6 cm³/mol. The molecular weight excluding hydrogens is 236 g/mol. The third kappa shape index (κ3) is 3.35. The smallest absolute Gasteiger partial charge is 0.227 e. The summed E-state index contributed by atoms with van der Waals surface area (Å²) in [7, 11) is 1.88. The van der Waals surface area contributed by atoms with E-state index >= 15 is 0 Å². The van der Waals surface area contributed by atoms with Crippen LogP contribution in [0.4, 0.5) is 0 Å². The zero-order valence-corrected chi connectivity index (χ0v) is 11.9. The van der Waals surface area contributed by atoms with E-state index in [0.717, 1.165) is 25.7 Å². The Morgan fingerprint density at radius 2 is 1.89 bits per heavy atom. The molecule has 1 aliphatic rings. The Labute approximate surface area is 115 Å². The Kier molecular flexibility index (Phi) is 4.59. The minimum atomic E-state index is 0.0277. The third-order valence-corrected chi connectivity index (χ3v) is 4.11. The van der Waals surface area contributed by atoms with E-state index in [1.54, 1.807) is 0 Å². The normalized spacial score (nSPS) is 22.5. The van der Waals surface area contributed by atoms with Crippen LogP contribution in [0.15, 0.2) is 24.3 Å². The minimum absolute atomic E-state index is 0.0277. The van der Waals surface area contributed by atoms with Crippen molar-refractivity contribution in [2.45, 2.75) is 45.2 Å². The lowest BCUT2D eigenvalue weighted by Crippen LogP contribution is -2.39. The molecule has 0 aromatic heterocycles. The monoisotopic (exact) mass is 260 g/mol. The van der Waals surface area contributed by atoms with Crippen LogP contribution in [0.5, 0.6) is 0 Å². The first-order chi connectivity index (χ1) is 9.11. The van der Waals surface area contributed by atoms with Crippen LogP contribution in [0.3, 0.4) is 0 Å². The first-order valence-corrected chi connectivity index (χ1v) is 7.20. The predicted octanol–water partition coefficient (Wildman–Crippen LogP) is 2.33. The van der Waals surface area contributed by atoms with Gasteiger partial charge in [0.25, 0.3) is 0 Å². The Bertz CT molecular complexity index is 427. The molecule has 1 aliphatic carbocycles. The molecule has 0 spiro atoms. The summed E-state index contributed by atoms with van der Waals surface area (Å²) in [5, 5.41) is 0. The van der Waals surface area contributed by atoms with Crippen molar-refractivity contribution in [2.75, 3.05) is 7.05 Å². The van der Waals surface area contributed by atoms with Crippen molar-refractivity contribution in [3.63, 3.8) is 0 Å². The van der Waals surface area contributed by atoms with Gasteiger partial charge in [-0.25, -0.2) is 0 Å². The molecule has 3 nitrogen and oxygen atoms in total. The fourth-order valence-corrected chi connectivity index (χ4v) is 2.81. The van der Waals surface area contributed by atoms with E-state index in [2.05, 4.69) is 31.2 Å². The van der Waals surface area contributed by atoms with Crippen LogP contribution < -0.4 is 5.73 Å². The van der Waals surface area contributed by atoms with Crippen LogP contribution in [-0.4, -0.2) is 23.9 Å². The number of carbonyl (C=O) groups excluding carboxylic acids is 1. The van der Waals surface area contributed by atoms with Gasteiger partial charge in [0.15, 0.2) is 0 Å². The molecule has 0 saturated heterocycles. The summed E-state index contributed by atoms with van der Waals surface area (Å²) in [6, 6.07) is 8.54. The average molecular weight is 260 g/mol. The molecule has 1 fully saturated rings. The number of nitrogens with two attached hydrogens (primary N) is 1. The number of hydrogen-bond donors (Lipinski definition) is 1. The van der Waals surface area contributed by atoms with Gasteiger partial charge < -0.3 is 10.6 Å². The second kappa shape index (κ2) is 6.20. The van der Waals surface area contributed by atoms with Gasteiger partial charge in [-0.05, 0) is 30.4 Å². The molecule has 1 amide bonds. The van der Waals surface area contributed by atoms with Gasteiger partial charge in [0.05, 0.1) is 5.92 Å². The lowest BCUT2D eigenvalue weighted by atomic mass is 10.0. The fourth-order valence-electron chi connectivity index (χ4n) is 2.81. The van der Waals surface area contributed by atoms with E-state index in [1.807, 2.05) is 11.9 Å². The van der Waals surface area contributed by atoms with E-state index < -0.39 is 0 Å². The molecule has 0 heterocycles. The number of carbonyl (C=O) groups is 1. The second-order valence-corrected chi connectivity index (χ2v) is 5.57. The highest BCUT2D eigenvalue weighted by atomic mass is 16.2. The van der Waals surface area contributed by atoms with Crippen LogP contribution in [0.25, 0.3) is 0 Å². The van der Waals surface area contributed by atoms with Crippen LogP contribution >= 0.6 is 0 Å². The summed E-state index contributed by atoms with van der Waals surface area (Å²) in [6.07, 6.45) is 4.05. The molecule has 1 aromatic carbocycles. The summed E-state index contributed by atoms with van der Waals surface area (Å²) in [5.41, 5.74) is 8.51. The molecule has 1 saturated carbocycles. The number of benzene rings is 1. The first-order valence-electron chi connectivity index (χ1n) is 7.20. The van der Waals surface area contributed by atoms with Crippen LogP contribution in [0.2, 0.25) is 0 Å². The lowest BCUT2D eigenvalue weighted by Gasteiger charge is -2.23. The Balaban J connectivity index is 1.95. The van der Waals surface area contributed by atoms with E-state index in [0.29, 0.717) is 6.54 Å². The molecule has 0 bridgehead atoms. The maximum atomic E-state index is 12.3. The topological polar surface area (TPSA) is 46.3 Å². The standard InChI is InChI=1S/C16H24N2O/c1-3-12-7-9-13(10-8-12)11-18(2)16(19)14-5-4-6-15(14)17/h7-10,14-15H,3-6,11,17H2,1-2H3/t14-,15-/m1/s1. The SMILES string of the molecule is CCc1ccc(CN(C)C(=O)[C@@H]2CCC[C@H]2N)cc1. The van der Waals surface area contributed by atoms with Crippen molar-refractivity contribution in [3.05, 3.63) is 35.4 Å². The highest BCUT2D eigenvalue weighted by Gasteiger charge is 2.32. The van der Waals surface area contributed by atoms with Crippen LogP contribution in [-0.2, 0) is 17.8 Å². The van der Waals surface area contributed by atoms with Crippen LogP contribution in [0, 0.1) is 5.92 Å². The number of amides is 1. The average Bonchev–Trinajstić information content (AvgIpc) is 2.85. The minimum Gasteiger partial charge on any atom is -0.341 e. The van der Waals surface area contributed by atoms with Crippen molar-refractivity contribution in [2.24, 2.45) is 11.7 Å². The largest absolute Gasteiger partial charge is 0.341 e.